The highest BCUT2D eigenvalue weighted by molar-refractivity contribution is 5.87. The Morgan fingerprint density at radius 2 is 1.82 bits per heavy atom. The molecule has 1 aromatic rings. The zero-order chi connectivity index (χ0) is 23.4. The number of para-hydroxylation sites is 2. The number of aliphatic hydroxyl groups is 1. The Bertz CT molecular complexity index is 929. The quantitative estimate of drug-likeness (QED) is 0.433. The van der Waals surface area contributed by atoms with Crippen molar-refractivity contribution in [3.05, 3.63) is 24.3 Å². The van der Waals surface area contributed by atoms with Crippen LogP contribution in [0.5, 0.6) is 0 Å². The van der Waals surface area contributed by atoms with Gasteiger partial charge in [-0.15, -0.1) is 0 Å². The number of benzene rings is 1. The molecular weight excluding hydrogens is 410 g/mol. The summed E-state index contributed by atoms with van der Waals surface area (Å²) in [5, 5.41) is 17.5. The third kappa shape index (κ3) is 3.75. The highest BCUT2D eigenvalue weighted by Gasteiger charge is 2.63. The van der Waals surface area contributed by atoms with Crippen LogP contribution in [0.1, 0.15) is 78.6 Å². The first kappa shape index (κ1) is 23.0. The van der Waals surface area contributed by atoms with Crippen molar-refractivity contribution in [2.24, 2.45) is 45.5 Å². The number of anilines is 1. The van der Waals surface area contributed by atoms with Crippen LogP contribution in [0.25, 0.3) is 0 Å². The lowest BCUT2D eigenvalue weighted by Gasteiger charge is -2.62. The second kappa shape index (κ2) is 8.18. The normalized spacial score (nSPS) is 44.3. The summed E-state index contributed by atoms with van der Waals surface area (Å²) < 4.78 is 0. The van der Waals surface area contributed by atoms with E-state index in [0.717, 1.165) is 43.2 Å². The number of nitrogens with one attached hydrogen (secondary N) is 2. The number of fused-ring (bicyclic) bond motifs is 5. The maximum absolute atomic E-state index is 13.5. The van der Waals surface area contributed by atoms with E-state index in [4.69, 9.17) is 5.53 Å². The van der Waals surface area contributed by atoms with Crippen LogP contribution in [0.15, 0.2) is 29.4 Å². The van der Waals surface area contributed by atoms with Crippen molar-refractivity contribution in [1.82, 2.24) is 0 Å². The lowest BCUT2D eigenvalue weighted by atomic mass is 9.43. The molecule has 0 aromatic heterocycles. The van der Waals surface area contributed by atoms with E-state index in [-0.39, 0.29) is 11.3 Å². The number of Topliss-reactive ketones (excluding diaryl/α,β-unsaturated/α-hetero) is 1. The van der Waals surface area contributed by atoms with Crippen LogP contribution in [0.2, 0.25) is 0 Å². The Morgan fingerprint density at radius 3 is 2.61 bits per heavy atom. The minimum atomic E-state index is -0.470. The highest BCUT2D eigenvalue weighted by Crippen LogP contribution is 2.69. The Morgan fingerprint density at radius 1 is 1.06 bits per heavy atom. The van der Waals surface area contributed by atoms with E-state index >= 15 is 0 Å². The van der Waals surface area contributed by atoms with Crippen LogP contribution in [-0.2, 0) is 4.79 Å². The molecule has 180 valence electrons. The van der Waals surface area contributed by atoms with Crippen molar-refractivity contribution < 1.29 is 9.90 Å². The van der Waals surface area contributed by atoms with Gasteiger partial charge in [-0.25, -0.2) is 5.53 Å². The summed E-state index contributed by atoms with van der Waals surface area (Å²) in [6, 6.07) is 7.48. The summed E-state index contributed by atoms with van der Waals surface area (Å²) in [6.07, 6.45) is 10.2. The molecule has 4 saturated carbocycles. The number of nitrogens with zero attached hydrogens (tertiary/aromatic N) is 1. The van der Waals surface area contributed by atoms with Crippen LogP contribution in [0.4, 0.5) is 11.4 Å². The molecule has 3 N–H and O–H groups in total. The first-order chi connectivity index (χ1) is 15.7. The number of ketones is 1. The van der Waals surface area contributed by atoms with E-state index in [1.165, 1.54) is 32.1 Å². The van der Waals surface area contributed by atoms with Crippen molar-refractivity contribution in [2.75, 3.05) is 11.9 Å². The molecule has 0 amide bonds. The van der Waals surface area contributed by atoms with Crippen LogP contribution in [0, 0.1) is 46.0 Å². The molecule has 0 radical (unpaired) electrons. The largest absolute Gasteiger partial charge is 0.390 e. The van der Waals surface area contributed by atoms with Crippen molar-refractivity contribution in [3.8, 4) is 0 Å². The van der Waals surface area contributed by atoms with Crippen LogP contribution >= 0.6 is 0 Å². The summed E-state index contributed by atoms with van der Waals surface area (Å²) in [5.74, 6) is 3.26. The highest BCUT2D eigenvalue weighted by atomic mass is 16.3. The van der Waals surface area contributed by atoms with E-state index in [1.807, 2.05) is 25.1 Å². The summed E-state index contributed by atoms with van der Waals surface area (Å²) in [5.41, 5.74) is 8.67. The van der Waals surface area contributed by atoms with Gasteiger partial charge in [-0.2, -0.15) is 5.11 Å². The van der Waals surface area contributed by atoms with Gasteiger partial charge >= 0.3 is 0 Å². The fourth-order valence-electron chi connectivity index (χ4n) is 9.21. The van der Waals surface area contributed by atoms with Crippen LogP contribution < -0.4 is 5.32 Å². The zero-order valence-corrected chi connectivity index (χ0v) is 20.6. The average Bonchev–Trinajstić information content (AvgIpc) is 3.15. The Labute approximate surface area is 198 Å². The molecule has 0 spiro atoms. The minimum absolute atomic E-state index is 0.0936. The maximum atomic E-state index is 13.5. The molecule has 33 heavy (non-hydrogen) atoms. The van der Waals surface area contributed by atoms with Crippen molar-refractivity contribution in [3.63, 3.8) is 0 Å². The molecule has 1 aromatic carbocycles. The SMILES string of the molecule is C[C@@]1(O)CCC2[C@H](CC[C@@]3(C)[C@@H]4CC[C@H](C(=O)CNc5ccccc5N=N)[C@@]4(C)CC[C@H]23)C1. The van der Waals surface area contributed by atoms with Gasteiger partial charge in [-0.05, 0) is 111 Å². The molecule has 4 aliphatic carbocycles. The number of carbonyl (C=O) groups excluding carboxylic acids is 1. The molecule has 0 aliphatic heterocycles. The predicted molar refractivity (Wildman–Crippen MR) is 131 cm³/mol. The molecule has 0 saturated heterocycles. The van der Waals surface area contributed by atoms with E-state index < -0.39 is 5.60 Å². The Hall–Kier alpha value is -1.75. The molecule has 4 fully saturated rings. The van der Waals surface area contributed by atoms with Crippen molar-refractivity contribution in [2.45, 2.75) is 84.2 Å². The predicted octanol–water partition coefficient (Wildman–Crippen LogP) is 6.74. The molecule has 0 bridgehead atoms. The lowest BCUT2D eigenvalue weighted by Crippen LogP contribution is -2.56. The minimum Gasteiger partial charge on any atom is -0.390 e. The third-order valence-corrected chi connectivity index (χ3v) is 10.7. The van der Waals surface area contributed by atoms with Gasteiger partial charge in [0.25, 0.3) is 0 Å². The Kier molecular flexibility index (Phi) is 5.70. The molecular formula is C28H41N3O2. The van der Waals surface area contributed by atoms with Crippen LogP contribution in [-0.4, -0.2) is 23.0 Å². The average molecular weight is 452 g/mol. The van der Waals surface area contributed by atoms with Crippen molar-refractivity contribution in [1.29, 1.82) is 5.53 Å². The standard InChI is InChI=1S/C28H41N3O2/c1-26(33)13-11-19-18(16-26)10-14-27(2)20(19)12-15-28(3)21(8-9-25(27)28)24(32)17-30-22-6-4-5-7-23(22)31-29/h4-7,18-21,25,29-30,33H,8-17H2,1-3H3/t18-,19?,20-,21-,25+,26-,27-,28-/m1/s1. The summed E-state index contributed by atoms with van der Waals surface area (Å²) in [4.78, 5) is 13.5. The van der Waals surface area contributed by atoms with E-state index in [2.05, 4.69) is 24.3 Å². The summed E-state index contributed by atoms with van der Waals surface area (Å²) in [7, 11) is 0. The fourth-order valence-corrected chi connectivity index (χ4v) is 9.21. The molecule has 5 rings (SSSR count). The number of carbonyl (C=O) groups is 1. The molecule has 0 heterocycles. The van der Waals surface area contributed by atoms with E-state index in [9.17, 15) is 9.90 Å². The first-order valence-electron chi connectivity index (χ1n) is 13.1. The van der Waals surface area contributed by atoms with E-state index in [0.29, 0.717) is 35.3 Å². The van der Waals surface area contributed by atoms with Gasteiger partial charge in [0.2, 0.25) is 0 Å². The molecule has 1 unspecified atom stereocenters. The molecule has 4 aliphatic rings. The van der Waals surface area contributed by atoms with Gasteiger partial charge in [0.15, 0.2) is 5.78 Å². The number of hydrogen-bond donors (Lipinski definition) is 3. The van der Waals surface area contributed by atoms with Gasteiger partial charge in [-0.1, -0.05) is 26.0 Å². The van der Waals surface area contributed by atoms with Gasteiger partial charge in [0.05, 0.1) is 17.8 Å². The van der Waals surface area contributed by atoms with Gasteiger partial charge < -0.3 is 10.4 Å². The van der Waals surface area contributed by atoms with Crippen LogP contribution in [0.3, 0.4) is 0 Å². The first-order valence-corrected chi connectivity index (χ1v) is 13.1. The van der Waals surface area contributed by atoms with E-state index in [1.54, 1.807) is 6.07 Å². The monoisotopic (exact) mass is 451 g/mol. The second-order valence-corrected chi connectivity index (χ2v) is 12.5. The Balaban J connectivity index is 1.31. The van der Waals surface area contributed by atoms with Gasteiger partial charge in [-0.3, -0.25) is 4.79 Å². The number of hydrogen-bond acceptors (Lipinski definition) is 5. The second-order valence-electron chi connectivity index (χ2n) is 12.5. The lowest BCUT2D eigenvalue weighted by molar-refractivity contribution is -0.151. The molecule has 5 heteroatoms. The van der Waals surface area contributed by atoms with Crippen molar-refractivity contribution >= 4 is 17.2 Å². The third-order valence-electron chi connectivity index (χ3n) is 10.7. The maximum Gasteiger partial charge on any atom is 0.155 e. The molecule has 8 atom stereocenters. The van der Waals surface area contributed by atoms with Gasteiger partial charge in [0, 0.05) is 5.92 Å². The zero-order valence-electron chi connectivity index (χ0n) is 20.6. The fraction of sp³-hybridized carbons (Fsp3) is 0.750. The molecule has 5 nitrogen and oxygen atoms in total. The van der Waals surface area contributed by atoms with Gasteiger partial charge in [0.1, 0.15) is 5.69 Å². The number of rotatable bonds is 5. The smallest absolute Gasteiger partial charge is 0.155 e. The topological polar surface area (TPSA) is 85.5 Å². The summed E-state index contributed by atoms with van der Waals surface area (Å²) in [6.45, 7) is 7.32. The summed E-state index contributed by atoms with van der Waals surface area (Å²) >= 11 is 0.